The van der Waals surface area contributed by atoms with E-state index >= 15 is 0 Å². The summed E-state index contributed by atoms with van der Waals surface area (Å²) in [7, 11) is 1.55. The average Bonchev–Trinajstić information content (AvgIpc) is 2.86. The number of carbonyl (C=O) groups is 3. The first-order chi connectivity index (χ1) is 8.99. The van der Waals surface area contributed by atoms with Crippen LogP contribution < -0.4 is 10.6 Å². The third-order valence-electron chi connectivity index (χ3n) is 2.16. The van der Waals surface area contributed by atoms with Gasteiger partial charge < -0.3 is 25.1 Å². The Morgan fingerprint density at radius 2 is 2.05 bits per heavy atom. The minimum absolute atomic E-state index is 0.273. The minimum atomic E-state index is -1.14. The van der Waals surface area contributed by atoms with E-state index in [-0.39, 0.29) is 13.1 Å². The Kier molecular flexibility index (Phi) is 5.39. The zero-order valence-electron chi connectivity index (χ0n) is 10.4. The van der Waals surface area contributed by atoms with E-state index in [1.54, 1.807) is 19.2 Å². The predicted molar refractivity (Wildman–Crippen MR) is 64.2 cm³/mol. The Morgan fingerprint density at radius 3 is 2.63 bits per heavy atom. The molecule has 1 heterocycles. The molecule has 8 nitrogen and oxygen atoms in total. The van der Waals surface area contributed by atoms with Crippen LogP contribution in [0, 0.1) is 0 Å². The van der Waals surface area contributed by atoms with E-state index < -0.39 is 24.5 Å². The normalized spacial score (nSPS) is 9.74. The molecule has 0 spiro atoms. The van der Waals surface area contributed by atoms with Crippen LogP contribution in [0.2, 0.25) is 0 Å². The number of amides is 3. The van der Waals surface area contributed by atoms with E-state index in [1.807, 2.05) is 0 Å². The lowest BCUT2D eigenvalue weighted by Gasteiger charge is -2.16. The minimum Gasteiger partial charge on any atom is -0.480 e. The fourth-order valence-corrected chi connectivity index (χ4v) is 1.24. The Labute approximate surface area is 109 Å². The highest BCUT2D eigenvalue weighted by Gasteiger charge is 2.12. The highest BCUT2D eigenvalue weighted by Crippen LogP contribution is 2.03. The number of hydrogen-bond donors (Lipinski definition) is 3. The largest absolute Gasteiger partial charge is 0.480 e. The van der Waals surface area contributed by atoms with Crippen molar-refractivity contribution < 1.29 is 23.9 Å². The van der Waals surface area contributed by atoms with Gasteiger partial charge in [-0.15, -0.1) is 0 Å². The van der Waals surface area contributed by atoms with E-state index in [0.717, 1.165) is 0 Å². The van der Waals surface area contributed by atoms with Gasteiger partial charge in [-0.2, -0.15) is 0 Å². The van der Waals surface area contributed by atoms with E-state index in [2.05, 4.69) is 10.6 Å². The molecule has 104 valence electrons. The monoisotopic (exact) mass is 269 g/mol. The molecule has 0 radical (unpaired) electrons. The van der Waals surface area contributed by atoms with Crippen molar-refractivity contribution in [1.82, 2.24) is 15.5 Å². The van der Waals surface area contributed by atoms with E-state index in [0.29, 0.717) is 5.76 Å². The third-order valence-corrected chi connectivity index (χ3v) is 2.16. The van der Waals surface area contributed by atoms with Crippen molar-refractivity contribution in [3.8, 4) is 0 Å². The molecule has 3 N–H and O–H groups in total. The molecule has 0 saturated heterocycles. The smallest absolute Gasteiger partial charge is 0.322 e. The van der Waals surface area contributed by atoms with Gasteiger partial charge >= 0.3 is 12.0 Å². The van der Waals surface area contributed by atoms with Crippen LogP contribution in [-0.4, -0.2) is 48.1 Å². The Morgan fingerprint density at radius 1 is 1.32 bits per heavy atom. The zero-order valence-corrected chi connectivity index (χ0v) is 10.4. The van der Waals surface area contributed by atoms with Crippen molar-refractivity contribution in [1.29, 1.82) is 0 Å². The number of carboxylic acids is 1. The SMILES string of the molecule is CN(Cc1ccco1)C(=O)NCC(=O)NCC(=O)O. The second kappa shape index (κ2) is 7.04. The second-order valence-corrected chi connectivity index (χ2v) is 3.76. The Hall–Kier alpha value is -2.51. The van der Waals surface area contributed by atoms with Gasteiger partial charge in [-0.05, 0) is 12.1 Å². The summed E-state index contributed by atoms with van der Waals surface area (Å²) in [5.74, 6) is -1.09. The molecule has 1 rings (SSSR count). The van der Waals surface area contributed by atoms with Gasteiger partial charge in [-0.1, -0.05) is 0 Å². The summed E-state index contributed by atoms with van der Waals surface area (Å²) in [5.41, 5.74) is 0. The second-order valence-electron chi connectivity index (χ2n) is 3.76. The first-order valence-electron chi connectivity index (χ1n) is 5.49. The molecule has 0 atom stereocenters. The maximum absolute atomic E-state index is 11.6. The number of nitrogens with zero attached hydrogens (tertiary/aromatic N) is 1. The van der Waals surface area contributed by atoms with Crippen molar-refractivity contribution in [2.75, 3.05) is 20.1 Å². The van der Waals surface area contributed by atoms with Crippen molar-refractivity contribution in [3.05, 3.63) is 24.2 Å². The van der Waals surface area contributed by atoms with Crippen molar-refractivity contribution in [2.24, 2.45) is 0 Å². The highest BCUT2D eigenvalue weighted by atomic mass is 16.4. The van der Waals surface area contributed by atoms with E-state index in [1.165, 1.54) is 11.2 Å². The molecule has 0 aliphatic heterocycles. The molecule has 1 aromatic rings. The van der Waals surface area contributed by atoms with Crippen molar-refractivity contribution in [2.45, 2.75) is 6.54 Å². The summed E-state index contributed by atoms with van der Waals surface area (Å²) in [6.07, 6.45) is 1.50. The molecular weight excluding hydrogens is 254 g/mol. The number of urea groups is 1. The van der Waals surface area contributed by atoms with Crippen molar-refractivity contribution in [3.63, 3.8) is 0 Å². The maximum atomic E-state index is 11.6. The topological polar surface area (TPSA) is 112 Å². The third kappa shape index (κ3) is 5.57. The number of hydrogen-bond acceptors (Lipinski definition) is 4. The Bertz CT molecular complexity index is 443. The number of rotatable bonds is 6. The number of nitrogens with one attached hydrogen (secondary N) is 2. The molecule has 0 bridgehead atoms. The molecule has 0 aliphatic rings. The molecule has 3 amide bonds. The van der Waals surface area contributed by atoms with Crippen LogP contribution in [0.4, 0.5) is 4.79 Å². The number of carbonyl (C=O) groups excluding carboxylic acids is 2. The molecule has 8 heteroatoms. The Balaban J connectivity index is 2.26. The fraction of sp³-hybridized carbons (Fsp3) is 0.364. The first kappa shape index (κ1) is 14.6. The lowest BCUT2D eigenvalue weighted by atomic mass is 10.4. The molecule has 0 aliphatic carbocycles. The lowest BCUT2D eigenvalue weighted by Crippen LogP contribution is -2.43. The average molecular weight is 269 g/mol. The molecule has 0 saturated carbocycles. The van der Waals surface area contributed by atoms with E-state index in [4.69, 9.17) is 9.52 Å². The van der Waals surface area contributed by atoms with Gasteiger partial charge in [0.1, 0.15) is 12.3 Å². The van der Waals surface area contributed by atoms with Crippen LogP contribution in [0.1, 0.15) is 5.76 Å². The van der Waals surface area contributed by atoms with Gasteiger partial charge in [0.25, 0.3) is 0 Å². The molecular formula is C11H15N3O5. The summed E-state index contributed by atoms with van der Waals surface area (Å²) in [5, 5.41) is 12.8. The number of furan rings is 1. The number of carboxylic acid groups (broad SMARTS) is 1. The summed E-state index contributed by atoms with van der Waals surface area (Å²) < 4.78 is 5.08. The standard InChI is InChI=1S/C11H15N3O5/c1-14(7-8-3-2-4-19-8)11(18)13-5-9(15)12-6-10(16)17/h2-4H,5-7H2,1H3,(H,12,15)(H,13,18)(H,16,17). The summed E-state index contributed by atoms with van der Waals surface area (Å²) in [4.78, 5) is 34.3. The lowest BCUT2D eigenvalue weighted by molar-refractivity contribution is -0.137. The van der Waals surface area contributed by atoms with Gasteiger partial charge in [0.15, 0.2) is 0 Å². The summed E-state index contributed by atoms with van der Waals surface area (Å²) in [6.45, 7) is -0.485. The quantitative estimate of drug-likeness (QED) is 0.652. The van der Waals surface area contributed by atoms with Gasteiger partial charge in [0, 0.05) is 7.05 Å². The van der Waals surface area contributed by atoms with Gasteiger partial charge in [-0.25, -0.2) is 4.79 Å². The molecule has 1 aromatic heterocycles. The van der Waals surface area contributed by atoms with Crippen LogP contribution in [0.5, 0.6) is 0 Å². The van der Waals surface area contributed by atoms with Crippen LogP contribution >= 0.6 is 0 Å². The predicted octanol–water partition coefficient (Wildman–Crippen LogP) is -0.378. The van der Waals surface area contributed by atoms with Gasteiger partial charge in [-0.3, -0.25) is 9.59 Å². The molecule has 0 fully saturated rings. The van der Waals surface area contributed by atoms with Crippen LogP contribution in [-0.2, 0) is 16.1 Å². The van der Waals surface area contributed by atoms with Crippen LogP contribution in [0.15, 0.2) is 22.8 Å². The van der Waals surface area contributed by atoms with Crippen LogP contribution in [0.3, 0.4) is 0 Å². The highest BCUT2D eigenvalue weighted by molar-refractivity contribution is 5.86. The van der Waals surface area contributed by atoms with Gasteiger partial charge in [0.05, 0.1) is 19.4 Å². The zero-order chi connectivity index (χ0) is 14.3. The van der Waals surface area contributed by atoms with E-state index in [9.17, 15) is 14.4 Å². The molecule has 0 unspecified atom stereocenters. The molecule has 0 aromatic carbocycles. The fourth-order valence-electron chi connectivity index (χ4n) is 1.24. The molecule has 19 heavy (non-hydrogen) atoms. The van der Waals surface area contributed by atoms with Gasteiger partial charge in [0.2, 0.25) is 5.91 Å². The number of aliphatic carboxylic acids is 1. The maximum Gasteiger partial charge on any atom is 0.322 e. The first-order valence-corrected chi connectivity index (χ1v) is 5.49. The van der Waals surface area contributed by atoms with Crippen molar-refractivity contribution >= 4 is 17.9 Å². The summed E-state index contributed by atoms with van der Waals surface area (Å²) >= 11 is 0. The van der Waals surface area contributed by atoms with Crippen LogP contribution in [0.25, 0.3) is 0 Å². The summed E-state index contributed by atoms with van der Waals surface area (Å²) in [6, 6.07) is 2.98.